The first kappa shape index (κ1) is 12.5. The molecule has 0 aromatic carbocycles. The fourth-order valence-corrected chi connectivity index (χ4v) is 0.857. The van der Waals surface area contributed by atoms with Gasteiger partial charge >= 0.3 is 0 Å². The average Bonchev–Trinajstić information content (AvgIpc) is 1.64. The van der Waals surface area contributed by atoms with E-state index in [1.807, 2.05) is 0 Å². The Kier molecular flexibility index (Phi) is 7.71. The van der Waals surface area contributed by atoms with E-state index in [9.17, 15) is 4.79 Å². The second-order valence-electron chi connectivity index (χ2n) is 1.00. The van der Waals surface area contributed by atoms with Gasteiger partial charge in [-0.05, 0) is 0 Å². The molecule has 0 spiro atoms. The van der Waals surface area contributed by atoms with E-state index in [1.54, 1.807) is 0 Å². The minimum atomic E-state index is -1.12. The lowest BCUT2D eigenvalue weighted by Crippen LogP contribution is -2.15. The Hall–Kier alpha value is 0.790. The minimum absolute atomic E-state index is 0. The van der Waals surface area contributed by atoms with Gasteiger partial charge in [0.25, 0.3) is 0 Å². The summed E-state index contributed by atoms with van der Waals surface area (Å²) >= 11 is 20.3. The second kappa shape index (κ2) is 5.57. The number of ketones is 1. The van der Waals surface area contributed by atoms with Gasteiger partial charge < -0.3 is 5.48 Å². The lowest BCUT2D eigenvalue weighted by Gasteiger charge is -1.97. The van der Waals surface area contributed by atoms with Crippen molar-refractivity contribution in [3.63, 3.8) is 0 Å². The van der Waals surface area contributed by atoms with Crippen molar-refractivity contribution >= 4 is 52.2 Å². The van der Waals surface area contributed by atoms with Gasteiger partial charge in [0.1, 0.15) is 0 Å². The fraction of sp³-hybridized carbons (Fsp3) is 0.667. The summed E-state index contributed by atoms with van der Waals surface area (Å²) in [7, 11) is 0. The maximum atomic E-state index is 10.3. The molecule has 0 atom stereocenters. The molecule has 0 aliphatic rings. The van der Waals surface area contributed by atoms with E-state index in [-0.39, 0.29) is 5.48 Å². The molecule has 0 saturated carbocycles. The predicted octanol–water partition coefficient (Wildman–Crippen LogP) is 1.34. The molecule has 0 saturated heterocycles. The smallest absolute Gasteiger partial charge is 0.198 e. The number of hydrogen-bond acceptors (Lipinski definition) is 1. The van der Waals surface area contributed by atoms with Gasteiger partial charge in [-0.15, -0.1) is 0 Å². The summed E-state index contributed by atoms with van der Waals surface area (Å²) in [6.45, 7) is 0. The van der Waals surface area contributed by atoms with Gasteiger partial charge in [0.15, 0.2) is 15.5 Å². The molecular weight excluding hydrogens is 210 g/mol. The molecule has 2 N–H and O–H groups in total. The van der Waals surface area contributed by atoms with E-state index in [0.717, 1.165) is 0 Å². The zero-order valence-corrected chi connectivity index (χ0v) is 7.10. The maximum absolute atomic E-state index is 10.3. The summed E-state index contributed by atoms with van der Waals surface area (Å²) in [5, 5.41) is 0. The average molecular weight is 214 g/mol. The van der Waals surface area contributed by atoms with E-state index in [2.05, 4.69) is 0 Å². The van der Waals surface area contributed by atoms with Crippen molar-refractivity contribution < 1.29 is 10.3 Å². The summed E-state index contributed by atoms with van der Waals surface area (Å²) in [4.78, 5) is 8.08. The van der Waals surface area contributed by atoms with Crippen LogP contribution in [0.1, 0.15) is 0 Å². The van der Waals surface area contributed by atoms with Crippen LogP contribution in [0.4, 0.5) is 0 Å². The van der Waals surface area contributed by atoms with Crippen molar-refractivity contribution in [2.45, 2.75) is 9.67 Å². The van der Waals surface area contributed by atoms with Crippen LogP contribution in [0.25, 0.3) is 0 Å². The third-order valence-electron chi connectivity index (χ3n) is 0.430. The number of carbonyl (C=O) groups is 1. The highest BCUT2D eigenvalue weighted by Gasteiger charge is 2.18. The Balaban J connectivity index is 0. The van der Waals surface area contributed by atoms with Crippen LogP contribution in [0.2, 0.25) is 0 Å². The van der Waals surface area contributed by atoms with Gasteiger partial charge in [-0.1, -0.05) is 46.4 Å². The fourth-order valence-electron chi connectivity index (χ4n) is 0.0952. The van der Waals surface area contributed by atoms with Gasteiger partial charge in [-0.3, -0.25) is 4.79 Å². The highest BCUT2D eigenvalue weighted by atomic mass is 35.5. The van der Waals surface area contributed by atoms with E-state index >= 15 is 0 Å². The van der Waals surface area contributed by atoms with Gasteiger partial charge in [0, 0.05) is 0 Å². The number of halogens is 4. The molecule has 0 aromatic rings. The van der Waals surface area contributed by atoms with Crippen LogP contribution in [-0.2, 0) is 4.79 Å². The van der Waals surface area contributed by atoms with Crippen molar-refractivity contribution in [3.05, 3.63) is 0 Å². The molecule has 0 fully saturated rings. The maximum Gasteiger partial charge on any atom is 0.198 e. The molecule has 9 heavy (non-hydrogen) atoms. The summed E-state index contributed by atoms with van der Waals surface area (Å²) in [6.07, 6.45) is 0. The molecule has 6 heteroatoms. The first-order chi connectivity index (χ1) is 3.55. The van der Waals surface area contributed by atoms with E-state index in [1.165, 1.54) is 0 Å². The topological polar surface area (TPSA) is 48.6 Å². The Labute approximate surface area is 72.3 Å². The molecular formula is C3H4Cl4O2. The second-order valence-corrected chi connectivity index (χ2v) is 3.20. The SMILES string of the molecule is O.O=C(C(Cl)Cl)C(Cl)Cl. The van der Waals surface area contributed by atoms with Gasteiger partial charge in [0.2, 0.25) is 0 Å². The normalized spacial score (nSPS) is 9.56. The molecule has 0 unspecified atom stereocenters. The lowest BCUT2D eigenvalue weighted by atomic mass is 10.5. The largest absolute Gasteiger partial charge is 0.412 e. The summed E-state index contributed by atoms with van der Waals surface area (Å²) < 4.78 is 0. The number of rotatable bonds is 2. The molecule has 0 radical (unpaired) electrons. The van der Waals surface area contributed by atoms with Gasteiger partial charge in [-0.2, -0.15) is 0 Å². The van der Waals surface area contributed by atoms with Crippen molar-refractivity contribution in [1.29, 1.82) is 0 Å². The van der Waals surface area contributed by atoms with Crippen molar-refractivity contribution in [1.82, 2.24) is 0 Å². The molecule has 2 nitrogen and oxygen atoms in total. The predicted molar refractivity (Wildman–Crippen MR) is 39.6 cm³/mol. The van der Waals surface area contributed by atoms with Crippen LogP contribution in [0.3, 0.4) is 0 Å². The number of hydrogen-bond donors (Lipinski definition) is 0. The van der Waals surface area contributed by atoms with Crippen LogP contribution in [0, 0.1) is 0 Å². The number of carbonyl (C=O) groups excluding carboxylic acids is 1. The molecule has 0 heterocycles. The lowest BCUT2D eigenvalue weighted by molar-refractivity contribution is -0.115. The third kappa shape index (κ3) is 5.25. The quantitative estimate of drug-likeness (QED) is 0.639. The molecule has 56 valence electrons. The Morgan fingerprint density at radius 2 is 1.22 bits per heavy atom. The molecule has 0 aliphatic carbocycles. The van der Waals surface area contributed by atoms with Gasteiger partial charge in [-0.25, -0.2) is 0 Å². The molecule has 0 aliphatic heterocycles. The number of alkyl halides is 4. The highest BCUT2D eigenvalue weighted by molar-refractivity contribution is 6.63. The summed E-state index contributed by atoms with van der Waals surface area (Å²) in [6, 6.07) is 0. The molecule has 0 bridgehead atoms. The van der Waals surface area contributed by atoms with E-state index < -0.39 is 15.5 Å². The highest BCUT2D eigenvalue weighted by Crippen LogP contribution is 2.12. The van der Waals surface area contributed by atoms with Crippen LogP contribution in [-0.4, -0.2) is 20.9 Å². The van der Waals surface area contributed by atoms with Crippen LogP contribution in [0.15, 0.2) is 0 Å². The third-order valence-corrected chi connectivity index (χ3v) is 1.29. The van der Waals surface area contributed by atoms with E-state index in [0.29, 0.717) is 0 Å². The van der Waals surface area contributed by atoms with E-state index in [4.69, 9.17) is 46.4 Å². The zero-order valence-electron chi connectivity index (χ0n) is 4.07. The van der Waals surface area contributed by atoms with Crippen molar-refractivity contribution in [2.24, 2.45) is 0 Å². The van der Waals surface area contributed by atoms with Crippen LogP contribution in [0.5, 0.6) is 0 Å². The Bertz CT molecular complexity index is 81.8. The first-order valence-corrected chi connectivity index (χ1v) is 3.40. The Morgan fingerprint density at radius 1 is 1.00 bits per heavy atom. The van der Waals surface area contributed by atoms with Crippen LogP contribution >= 0.6 is 46.4 Å². The standard InChI is InChI=1S/C3H2Cl4O.H2O/c4-2(5)1(8)3(6)7;/h2-3H;1H2. The monoisotopic (exact) mass is 212 g/mol. The molecule has 0 aromatic heterocycles. The minimum Gasteiger partial charge on any atom is -0.412 e. The Morgan fingerprint density at radius 3 is 1.22 bits per heavy atom. The van der Waals surface area contributed by atoms with Crippen LogP contribution < -0.4 is 0 Å². The summed E-state index contributed by atoms with van der Waals surface area (Å²) in [5.74, 6) is -0.586. The molecule has 0 amide bonds. The van der Waals surface area contributed by atoms with Gasteiger partial charge in [0.05, 0.1) is 0 Å². The first-order valence-electron chi connectivity index (χ1n) is 1.65. The number of Topliss-reactive ketones (excluding diaryl/α,β-unsaturated/α-hetero) is 1. The molecule has 0 rings (SSSR count). The van der Waals surface area contributed by atoms with Crippen molar-refractivity contribution in [2.75, 3.05) is 0 Å². The summed E-state index contributed by atoms with van der Waals surface area (Å²) in [5.41, 5.74) is 0. The zero-order chi connectivity index (χ0) is 6.73. The van der Waals surface area contributed by atoms with Crippen molar-refractivity contribution in [3.8, 4) is 0 Å².